The molecule has 98 valence electrons. The number of aromatic nitrogens is 1. The second-order valence-corrected chi connectivity index (χ2v) is 4.78. The monoisotopic (exact) mass is 249 g/mol. The number of nitrogens with two attached hydrogens (primary N) is 1. The van der Waals surface area contributed by atoms with Crippen LogP contribution in [0, 0.1) is 5.92 Å². The highest BCUT2D eigenvalue weighted by molar-refractivity contribution is 5.87. The molecule has 5 heteroatoms. The van der Waals surface area contributed by atoms with E-state index in [1.54, 1.807) is 6.07 Å². The summed E-state index contributed by atoms with van der Waals surface area (Å²) in [7, 11) is 0. The molecule has 1 aromatic rings. The van der Waals surface area contributed by atoms with E-state index in [1.807, 2.05) is 0 Å². The van der Waals surface area contributed by atoms with Gasteiger partial charge in [-0.2, -0.15) is 0 Å². The normalized spacial score (nSPS) is 19.8. The van der Waals surface area contributed by atoms with Crippen LogP contribution < -0.4 is 10.6 Å². The average molecular weight is 249 g/mol. The van der Waals surface area contributed by atoms with Crippen LogP contribution in [-0.2, 0) is 0 Å². The largest absolute Gasteiger partial charge is 0.477 e. The van der Waals surface area contributed by atoms with Crippen LogP contribution in [0.15, 0.2) is 12.1 Å². The predicted molar refractivity (Wildman–Crippen MR) is 70.8 cm³/mol. The topological polar surface area (TPSA) is 79.5 Å². The maximum absolute atomic E-state index is 10.9. The number of hydrogen-bond acceptors (Lipinski definition) is 4. The molecule has 0 amide bonds. The first-order valence-corrected chi connectivity index (χ1v) is 6.36. The quantitative estimate of drug-likeness (QED) is 0.856. The van der Waals surface area contributed by atoms with E-state index in [4.69, 9.17) is 10.8 Å². The molecular weight excluding hydrogens is 230 g/mol. The van der Waals surface area contributed by atoms with Crippen molar-refractivity contribution in [1.82, 2.24) is 4.98 Å². The number of pyridine rings is 1. The van der Waals surface area contributed by atoms with Gasteiger partial charge in [-0.25, -0.2) is 9.78 Å². The van der Waals surface area contributed by atoms with Gasteiger partial charge in [-0.3, -0.25) is 0 Å². The van der Waals surface area contributed by atoms with E-state index >= 15 is 0 Å². The van der Waals surface area contributed by atoms with Crippen LogP contribution in [0.1, 0.15) is 36.7 Å². The first-order valence-electron chi connectivity index (χ1n) is 6.36. The predicted octanol–water partition coefficient (Wildman–Crippen LogP) is 1.99. The van der Waals surface area contributed by atoms with Gasteiger partial charge in [-0.15, -0.1) is 0 Å². The summed E-state index contributed by atoms with van der Waals surface area (Å²) in [5, 5.41) is 8.97. The third kappa shape index (κ3) is 2.55. The molecule has 0 aromatic carbocycles. The summed E-state index contributed by atoms with van der Waals surface area (Å²) in [5.41, 5.74) is 6.52. The van der Waals surface area contributed by atoms with E-state index in [2.05, 4.69) is 16.8 Å². The smallest absolute Gasteiger partial charge is 0.354 e. The number of carbonyl (C=O) groups is 1. The van der Waals surface area contributed by atoms with Crippen molar-refractivity contribution in [2.24, 2.45) is 5.92 Å². The standard InChI is InChI=1S/C13H19N3O2/c1-2-9-4-3-7-16(8-9)12-10(14)5-6-11(15-12)13(17)18/h5-6,9H,2-4,7-8,14H2,1H3,(H,17,18). The van der Waals surface area contributed by atoms with Gasteiger partial charge in [0.05, 0.1) is 5.69 Å². The summed E-state index contributed by atoms with van der Waals surface area (Å²) < 4.78 is 0. The molecule has 18 heavy (non-hydrogen) atoms. The Labute approximate surface area is 107 Å². The molecule has 0 spiro atoms. The van der Waals surface area contributed by atoms with Gasteiger partial charge < -0.3 is 15.7 Å². The Balaban J connectivity index is 2.26. The van der Waals surface area contributed by atoms with E-state index in [9.17, 15) is 4.79 Å². The third-order valence-electron chi connectivity index (χ3n) is 3.52. The number of hydrogen-bond donors (Lipinski definition) is 2. The maximum atomic E-state index is 10.9. The Hall–Kier alpha value is -1.78. The number of piperidine rings is 1. The molecule has 0 radical (unpaired) electrons. The molecule has 0 bridgehead atoms. The van der Waals surface area contributed by atoms with Crippen molar-refractivity contribution in [1.29, 1.82) is 0 Å². The van der Waals surface area contributed by atoms with E-state index in [1.165, 1.54) is 12.5 Å². The second kappa shape index (κ2) is 5.25. The van der Waals surface area contributed by atoms with Crippen LogP contribution in [0.4, 0.5) is 11.5 Å². The van der Waals surface area contributed by atoms with E-state index < -0.39 is 5.97 Å². The van der Waals surface area contributed by atoms with Crippen molar-refractivity contribution in [3.8, 4) is 0 Å². The number of rotatable bonds is 3. The molecule has 0 aliphatic carbocycles. The fraction of sp³-hybridized carbons (Fsp3) is 0.538. The van der Waals surface area contributed by atoms with Crippen molar-refractivity contribution < 1.29 is 9.90 Å². The van der Waals surface area contributed by atoms with E-state index in [-0.39, 0.29) is 5.69 Å². The summed E-state index contributed by atoms with van der Waals surface area (Å²) in [4.78, 5) is 17.2. The fourth-order valence-electron chi connectivity index (χ4n) is 2.42. The number of carboxylic acid groups (broad SMARTS) is 1. The molecule has 1 aliphatic rings. The molecule has 1 aromatic heterocycles. The number of anilines is 2. The van der Waals surface area contributed by atoms with Gasteiger partial charge in [0.15, 0.2) is 11.5 Å². The van der Waals surface area contributed by atoms with E-state index in [0.29, 0.717) is 17.4 Å². The lowest BCUT2D eigenvalue weighted by atomic mass is 9.95. The summed E-state index contributed by atoms with van der Waals surface area (Å²) in [6.45, 7) is 3.99. The lowest BCUT2D eigenvalue weighted by Gasteiger charge is -2.33. The number of aromatic carboxylic acids is 1. The van der Waals surface area contributed by atoms with Gasteiger partial charge in [-0.05, 0) is 30.9 Å². The Bertz CT molecular complexity index is 448. The van der Waals surface area contributed by atoms with Gasteiger partial charge in [0.2, 0.25) is 0 Å². The van der Waals surface area contributed by atoms with Crippen molar-refractivity contribution in [3.63, 3.8) is 0 Å². The molecule has 1 unspecified atom stereocenters. The summed E-state index contributed by atoms with van der Waals surface area (Å²) in [5.74, 6) is 0.252. The highest BCUT2D eigenvalue weighted by atomic mass is 16.4. The maximum Gasteiger partial charge on any atom is 0.354 e. The fourth-order valence-corrected chi connectivity index (χ4v) is 2.42. The summed E-state index contributed by atoms with van der Waals surface area (Å²) in [6.07, 6.45) is 3.47. The first-order chi connectivity index (χ1) is 8.61. The lowest BCUT2D eigenvalue weighted by Crippen LogP contribution is -2.36. The first kappa shape index (κ1) is 12.7. The minimum absolute atomic E-state index is 0.0535. The zero-order valence-corrected chi connectivity index (χ0v) is 10.6. The Morgan fingerprint density at radius 2 is 2.39 bits per heavy atom. The molecule has 1 fully saturated rings. The molecule has 2 heterocycles. The molecule has 1 saturated heterocycles. The van der Waals surface area contributed by atoms with Gasteiger partial charge in [-0.1, -0.05) is 13.3 Å². The molecule has 0 saturated carbocycles. The zero-order chi connectivity index (χ0) is 13.1. The Morgan fingerprint density at radius 3 is 3.06 bits per heavy atom. The molecule has 2 rings (SSSR count). The van der Waals surface area contributed by atoms with Crippen molar-refractivity contribution in [3.05, 3.63) is 17.8 Å². The minimum atomic E-state index is -1.01. The third-order valence-corrected chi connectivity index (χ3v) is 3.52. The van der Waals surface area contributed by atoms with Crippen LogP contribution in [0.25, 0.3) is 0 Å². The molecular formula is C13H19N3O2. The lowest BCUT2D eigenvalue weighted by molar-refractivity contribution is 0.0690. The van der Waals surface area contributed by atoms with Gasteiger partial charge in [0, 0.05) is 13.1 Å². The minimum Gasteiger partial charge on any atom is -0.477 e. The molecule has 5 nitrogen and oxygen atoms in total. The van der Waals surface area contributed by atoms with Crippen LogP contribution in [-0.4, -0.2) is 29.1 Å². The summed E-state index contributed by atoms with van der Waals surface area (Å²) >= 11 is 0. The van der Waals surface area contributed by atoms with Crippen molar-refractivity contribution in [2.45, 2.75) is 26.2 Å². The van der Waals surface area contributed by atoms with Crippen LogP contribution in [0.3, 0.4) is 0 Å². The number of carboxylic acids is 1. The highest BCUT2D eigenvalue weighted by Gasteiger charge is 2.22. The average Bonchev–Trinajstić information content (AvgIpc) is 2.39. The summed E-state index contributed by atoms with van der Waals surface area (Å²) in [6, 6.07) is 3.07. The number of nitrogen functional groups attached to an aromatic ring is 1. The SMILES string of the molecule is CCC1CCCN(c2nc(C(=O)O)ccc2N)C1. The van der Waals surface area contributed by atoms with Crippen LogP contribution >= 0.6 is 0 Å². The van der Waals surface area contributed by atoms with Crippen LogP contribution in [0.2, 0.25) is 0 Å². The Morgan fingerprint density at radius 1 is 1.61 bits per heavy atom. The Kier molecular flexibility index (Phi) is 3.69. The zero-order valence-electron chi connectivity index (χ0n) is 10.6. The van der Waals surface area contributed by atoms with E-state index in [0.717, 1.165) is 25.9 Å². The second-order valence-electron chi connectivity index (χ2n) is 4.78. The molecule has 3 N–H and O–H groups in total. The van der Waals surface area contributed by atoms with Gasteiger partial charge in [0.25, 0.3) is 0 Å². The van der Waals surface area contributed by atoms with Gasteiger partial charge in [0.1, 0.15) is 0 Å². The van der Waals surface area contributed by atoms with Gasteiger partial charge >= 0.3 is 5.97 Å². The van der Waals surface area contributed by atoms with Crippen LogP contribution in [0.5, 0.6) is 0 Å². The van der Waals surface area contributed by atoms with Crippen molar-refractivity contribution in [2.75, 3.05) is 23.7 Å². The molecule has 1 atom stereocenters. The molecule has 1 aliphatic heterocycles. The van der Waals surface area contributed by atoms with Crippen molar-refractivity contribution >= 4 is 17.5 Å². The highest BCUT2D eigenvalue weighted by Crippen LogP contribution is 2.27. The number of nitrogens with zero attached hydrogens (tertiary/aromatic N) is 2.